The monoisotopic (exact) mass is 408 g/mol. The molecule has 152 valence electrons. The van der Waals surface area contributed by atoms with Gasteiger partial charge in [-0.2, -0.15) is 0 Å². The van der Waals surface area contributed by atoms with E-state index in [-0.39, 0.29) is 24.3 Å². The fourth-order valence-electron chi connectivity index (χ4n) is 3.93. The topological polar surface area (TPSA) is 117 Å². The van der Waals surface area contributed by atoms with Gasteiger partial charge in [0.1, 0.15) is 0 Å². The molecule has 0 unspecified atom stereocenters. The minimum Gasteiger partial charge on any atom is -0.465 e. The normalized spacial score (nSPS) is 27.3. The summed E-state index contributed by atoms with van der Waals surface area (Å²) in [4.78, 5) is 30.7. The predicted octanol–water partition coefficient (Wildman–Crippen LogP) is 2.95. The number of halogens is 1. The Morgan fingerprint density at radius 1 is 1.43 bits per heavy atom. The number of nitrogen functional groups attached to an aromatic ring is 1. The summed E-state index contributed by atoms with van der Waals surface area (Å²) < 4.78 is 5.73. The Morgan fingerprint density at radius 3 is 2.79 bits per heavy atom. The molecule has 2 atom stereocenters. The first-order chi connectivity index (χ1) is 13.0. The Hall–Kier alpha value is -2.32. The molecule has 2 aliphatic heterocycles. The van der Waals surface area contributed by atoms with E-state index in [1.165, 1.54) is 4.90 Å². The van der Waals surface area contributed by atoms with Gasteiger partial charge in [0.15, 0.2) is 0 Å². The van der Waals surface area contributed by atoms with Crippen molar-refractivity contribution >= 4 is 35.2 Å². The molecule has 0 spiro atoms. The Kier molecular flexibility index (Phi) is 5.29. The number of carboxylic acid groups (broad SMARTS) is 1. The summed E-state index contributed by atoms with van der Waals surface area (Å²) in [5.41, 5.74) is 5.44. The third kappa shape index (κ3) is 3.93. The largest absolute Gasteiger partial charge is 0.465 e. The lowest BCUT2D eigenvalue weighted by Gasteiger charge is -2.44. The summed E-state index contributed by atoms with van der Waals surface area (Å²) in [6.45, 7) is 6.14. The van der Waals surface area contributed by atoms with Crippen molar-refractivity contribution in [3.8, 4) is 0 Å². The first-order valence-electron chi connectivity index (χ1n) is 9.13. The van der Waals surface area contributed by atoms with Crippen LogP contribution in [0.2, 0.25) is 5.02 Å². The van der Waals surface area contributed by atoms with Gasteiger partial charge in [-0.3, -0.25) is 15.0 Å². The van der Waals surface area contributed by atoms with Crippen LogP contribution in [0.3, 0.4) is 0 Å². The number of amides is 2. The highest BCUT2D eigenvalue weighted by atomic mass is 35.5. The third-order valence-corrected chi connectivity index (χ3v) is 5.63. The number of guanidine groups is 1. The highest BCUT2D eigenvalue weighted by Gasteiger charge is 2.44. The molecule has 0 saturated carbocycles. The number of benzene rings is 1. The average molecular weight is 409 g/mol. The van der Waals surface area contributed by atoms with E-state index in [1.54, 1.807) is 25.1 Å². The van der Waals surface area contributed by atoms with Crippen LogP contribution < -0.4 is 11.1 Å². The molecule has 9 heteroatoms. The molecule has 1 aromatic rings. The zero-order valence-electron chi connectivity index (χ0n) is 16.2. The number of nitrogens with two attached hydrogens (primary N) is 1. The summed E-state index contributed by atoms with van der Waals surface area (Å²) >= 11 is 6.37. The summed E-state index contributed by atoms with van der Waals surface area (Å²) in [6.07, 6.45) is -0.0514. The number of carbonyl (C=O) groups excluding carboxylic acids is 1. The van der Waals surface area contributed by atoms with Crippen LogP contribution in [0.5, 0.6) is 0 Å². The maximum Gasteiger partial charge on any atom is 0.411 e. The number of rotatable bonds is 2. The number of aliphatic imine (C=N–C) groups is 1. The standard InChI is InChI=1S/C19H25ClN4O4/c1-18(2)9-11(7-8-28-18)24-14(25)10-19(3,23-16(24)22-17(26)27)12-5-4-6-13(21)15(12)20/h4-6,11H,7-10,21H2,1-3H3,(H,22,23)(H,26,27)/t11-,19-/m0/s1. The number of hydrogen-bond acceptors (Lipinski definition) is 5. The molecule has 0 aliphatic carbocycles. The molecular weight excluding hydrogens is 384 g/mol. The quantitative estimate of drug-likeness (QED) is 0.650. The van der Waals surface area contributed by atoms with Crippen molar-refractivity contribution < 1.29 is 19.4 Å². The number of nitrogens with one attached hydrogen (secondary N) is 1. The molecule has 1 aromatic carbocycles. The fourth-order valence-corrected chi connectivity index (χ4v) is 4.26. The van der Waals surface area contributed by atoms with E-state index in [9.17, 15) is 14.7 Å². The second-order valence-corrected chi connectivity index (χ2v) is 8.42. The molecule has 3 rings (SSSR count). The second-order valence-electron chi connectivity index (χ2n) is 8.04. The molecule has 0 aromatic heterocycles. The first kappa shape index (κ1) is 20.4. The molecular formula is C19H25ClN4O4. The smallest absolute Gasteiger partial charge is 0.411 e. The number of anilines is 1. The van der Waals surface area contributed by atoms with Crippen molar-refractivity contribution in [1.82, 2.24) is 10.2 Å². The van der Waals surface area contributed by atoms with Crippen molar-refractivity contribution in [1.29, 1.82) is 0 Å². The lowest BCUT2D eigenvalue weighted by Crippen LogP contribution is -2.59. The highest BCUT2D eigenvalue weighted by Crippen LogP contribution is 2.40. The lowest BCUT2D eigenvalue weighted by molar-refractivity contribution is -0.136. The van der Waals surface area contributed by atoms with Crippen molar-refractivity contribution in [2.75, 3.05) is 12.3 Å². The Morgan fingerprint density at radius 2 is 2.14 bits per heavy atom. The van der Waals surface area contributed by atoms with Crippen molar-refractivity contribution in [3.63, 3.8) is 0 Å². The van der Waals surface area contributed by atoms with Gasteiger partial charge < -0.3 is 15.6 Å². The Labute approximate surface area is 168 Å². The maximum atomic E-state index is 13.2. The van der Waals surface area contributed by atoms with E-state index < -0.39 is 17.2 Å². The Balaban J connectivity index is 2.05. The van der Waals surface area contributed by atoms with Crippen molar-refractivity contribution in [2.45, 2.75) is 57.2 Å². The van der Waals surface area contributed by atoms with Crippen LogP contribution >= 0.6 is 11.6 Å². The first-order valence-corrected chi connectivity index (χ1v) is 9.50. The van der Waals surface area contributed by atoms with Gasteiger partial charge in [-0.25, -0.2) is 9.79 Å². The molecule has 0 bridgehead atoms. The van der Waals surface area contributed by atoms with E-state index >= 15 is 0 Å². The summed E-state index contributed by atoms with van der Waals surface area (Å²) in [5, 5.41) is 11.9. The number of carbonyl (C=O) groups is 2. The average Bonchev–Trinajstić information content (AvgIpc) is 2.55. The van der Waals surface area contributed by atoms with E-state index in [1.807, 2.05) is 13.8 Å². The van der Waals surface area contributed by atoms with Crippen molar-refractivity contribution in [3.05, 3.63) is 28.8 Å². The predicted molar refractivity (Wildman–Crippen MR) is 106 cm³/mol. The van der Waals surface area contributed by atoms with Gasteiger partial charge >= 0.3 is 6.09 Å². The summed E-state index contributed by atoms with van der Waals surface area (Å²) in [6, 6.07) is 4.94. The molecule has 28 heavy (non-hydrogen) atoms. The van der Waals surface area contributed by atoms with Gasteiger partial charge in [0.2, 0.25) is 11.9 Å². The molecule has 0 radical (unpaired) electrons. The van der Waals surface area contributed by atoms with E-state index in [2.05, 4.69) is 10.3 Å². The van der Waals surface area contributed by atoms with Crippen LogP contribution in [-0.2, 0) is 15.1 Å². The maximum absolute atomic E-state index is 13.2. The van der Waals surface area contributed by atoms with Gasteiger partial charge in [-0.05, 0) is 39.7 Å². The molecule has 1 fully saturated rings. The summed E-state index contributed by atoms with van der Waals surface area (Å²) in [7, 11) is 0. The van der Waals surface area contributed by atoms with Crippen molar-refractivity contribution in [2.24, 2.45) is 4.99 Å². The van der Waals surface area contributed by atoms with Gasteiger partial charge in [0.05, 0.1) is 28.3 Å². The Bertz CT molecular complexity index is 841. The number of hydrogen-bond donors (Lipinski definition) is 3. The zero-order valence-corrected chi connectivity index (χ0v) is 16.9. The van der Waals surface area contributed by atoms with Crippen LogP contribution in [0.4, 0.5) is 10.5 Å². The fraction of sp³-hybridized carbons (Fsp3) is 0.526. The van der Waals surface area contributed by atoms with Crippen LogP contribution in [0.25, 0.3) is 0 Å². The van der Waals surface area contributed by atoms with Crippen LogP contribution in [0.1, 0.15) is 45.6 Å². The molecule has 2 heterocycles. The molecule has 4 N–H and O–H groups in total. The van der Waals surface area contributed by atoms with Gasteiger partial charge in [0.25, 0.3) is 0 Å². The highest BCUT2D eigenvalue weighted by molar-refractivity contribution is 6.34. The van der Waals surface area contributed by atoms with E-state index in [0.717, 1.165) is 0 Å². The second kappa shape index (κ2) is 7.25. The molecule has 2 amide bonds. The summed E-state index contributed by atoms with van der Waals surface area (Å²) in [5.74, 6) is -0.213. The third-order valence-electron chi connectivity index (χ3n) is 5.21. The zero-order chi connectivity index (χ0) is 20.7. The number of nitrogens with zero attached hydrogens (tertiary/aromatic N) is 2. The minimum absolute atomic E-state index is 0.00689. The molecule has 1 saturated heterocycles. The lowest BCUT2D eigenvalue weighted by atomic mass is 9.85. The number of ether oxygens (including phenoxy) is 1. The van der Waals surface area contributed by atoms with E-state index in [0.29, 0.717) is 35.7 Å². The van der Waals surface area contributed by atoms with Crippen LogP contribution in [-0.4, -0.2) is 46.2 Å². The van der Waals surface area contributed by atoms with Crippen LogP contribution in [0, 0.1) is 0 Å². The van der Waals surface area contributed by atoms with Gasteiger partial charge in [0, 0.05) is 18.2 Å². The SMILES string of the molecule is CC1(C)C[C@@H](N2C(=O)C[C@@](C)(c3cccc(N)c3Cl)N=C2NC(=O)O)CCO1. The minimum atomic E-state index is -1.29. The molecule has 8 nitrogen and oxygen atoms in total. The van der Waals surface area contributed by atoms with E-state index in [4.69, 9.17) is 22.1 Å². The van der Waals surface area contributed by atoms with Crippen LogP contribution in [0.15, 0.2) is 23.2 Å². The van der Waals surface area contributed by atoms with Gasteiger partial charge in [-0.1, -0.05) is 23.7 Å². The van der Waals surface area contributed by atoms with Gasteiger partial charge in [-0.15, -0.1) is 0 Å². The molecule has 2 aliphatic rings.